The molecule has 0 aromatic heterocycles. The molecule has 0 radical (unpaired) electrons. The third-order valence-electron chi connectivity index (χ3n) is 3.06. The smallest absolute Gasteiger partial charge is 0.248 e. The molecule has 18 heavy (non-hydrogen) atoms. The monoisotopic (exact) mass is 247 g/mol. The minimum absolute atomic E-state index is 0.0264. The second-order valence-electron chi connectivity index (χ2n) is 4.43. The molecule has 0 unspecified atom stereocenters. The van der Waals surface area contributed by atoms with Gasteiger partial charge in [-0.1, -0.05) is 6.42 Å². The SMILES string of the molecule is NC(=O)c1ccc(NC(=O)[C@@H]2CCCCN2)cc1. The summed E-state index contributed by atoms with van der Waals surface area (Å²) in [6, 6.07) is 6.45. The molecule has 1 heterocycles. The van der Waals surface area contributed by atoms with Gasteiger partial charge in [-0.25, -0.2) is 0 Å². The largest absolute Gasteiger partial charge is 0.366 e. The summed E-state index contributed by atoms with van der Waals surface area (Å²) in [7, 11) is 0. The standard InChI is InChI=1S/C13H17N3O2/c14-12(17)9-4-6-10(7-5-9)16-13(18)11-3-1-2-8-15-11/h4-7,11,15H,1-3,8H2,(H2,14,17)(H,16,18)/t11-/m0/s1. The van der Waals surface area contributed by atoms with Crippen LogP contribution in [0.15, 0.2) is 24.3 Å². The number of hydrogen-bond donors (Lipinski definition) is 3. The van der Waals surface area contributed by atoms with E-state index in [1.807, 2.05) is 0 Å². The Bertz CT molecular complexity index is 436. The second-order valence-corrected chi connectivity index (χ2v) is 4.43. The van der Waals surface area contributed by atoms with E-state index in [1.54, 1.807) is 24.3 Å². The van der Waals surface area contributed by atoms with E-state index in [0.717, 1.165) is 25.8 Å². The summed E-state index contributed by atoms with van der Waals surface area (Å²) in [6.07, 6.45) is 3.06. The number of benzene rings is 1. The van der Waals surface area contributed by atoms with Crippen molar-refractivity contribution in [1.29, 1.82) is 0 Å². The summed E-state index contributed by atoms with van der Waals surface area (Å²) in [5, 5.41) is 6.01. The van der Waals surface area contributed by atoms with Crippen molar-refractivity contribution in [3.05, 3.63) is 29.8 Å². The first-order valence-corrected chi connectivity index (χ1v) is 6.11. The van der Waals surface area contributed by atoms with E-state index >= 15 is 0 Å². The summed E-state index contributed by atoms with van der Waals surface area (Å²) in [6.45, 7) is 0.888. The van der Waals surface area contributed by atoms with Crippen molar-refractivity contribution >= 4 is 17.5 Å². The normalized spacial score (nSPS) is 19.2. The van der Waals surface area contributed by atoms with Crippen molar-refractivity contribution < 1.29 is 9.59 Å². The Kier molecular flexibility index (Phi) is 3.94. The van der Waals surface area contributed by atoms with Crippen LogP contribution >= 0.6 is 0 Å². The average molecular weight is 247 g/mol. The average Bonchev–Trinajstić information content (AvgIpc) is 2.40. The topological polar surface area (TPSA) is 84.2 Å². The minimum Gasteiger partial charge on any atom is -0.366 e. The minimum atomic E-state index is -0.471. The van der Waals surface area contributed by atoms with Gasteiger partial charge in [0, 0.05) is 11.3 Å². The maximum Gasteiger partial charge on any atom is 0.248 e. The van der Waals surface area contributed by atoms with Gasteiger partial charge < -0.3 is 16.4 Å². The molecule has 96 valence electrons. The van der Waals surface area contributed by atoms with Crippen molar-refractivity contribution in [1.82, 2.24) is 5.32 Å². The van der Waals surface area contributed by atoms with E-state index in [2.05, 4.69) is 10.6 Å². The number of anilines is 1. The molecule has 1 atom stereocenters. The zero-order valence-corrected chi connectivity index (χ0v) is 10.1. The number of carbonyl (C=O) groups excluding carboxylic acids is 2. The fourth-order valence-electron chi connectivity index (χ4n) is 2.02. The van der Waals surface area contributed by atoms with Crippen molar-refractivity contribution in [3.63, 3.8) is 0 Å². The van der Waals surface area contributed by atoms with Crippen LogP contribution in [0.2, 0.25) is 0 Å². The summed E-state index contributed by atoms with van der Waals surface area (Å²) >= 11 is 0. The highest BCUT2D eigenvalue weighted by atomic mass is 16.2. The molecule has 1 aliphatic rings. The number of nitrogens with two attached hydrogens (primary N) is 1. The second kappa shape index (κ2) is 5.64. The molecule has 1 fully saturated rings. The summed E-state index contributed by atoms with van der Waals surface area (Å²) in [5.41, 5.74) is 6.26. The molecule has 0 spiro atoms. The van der Waals surface area contributed by atoms with E-state index < -0.39 is 5.91 Å². The van der Waals surface area contributed by atoms with Crippen molar-refractivity contribution in [2.45, 2.75) is 25.3 Å². The van der Waals surface area contributed by atoms with Crippen LogP contribution in [0.3, 0.4) is 0 Å². The number of carbonyl (C=O) groups is 2. The molecule has 2 rings (SSSR count). The Labute approximate surface area is 106 Å². The Morgan fingerprint density at radius 1 is 1.22 bits per heavy atom. The van der Waals surface area contributed by atoms with E-state index in [0.29, 0.717) is 11.3 Å². The predicted octanol–water partition coefficient (Wildman–Crippen LogP) is 0.866. The van der Waals surface area contributed by atoms with E-state index in [4.69, 9.17) is 5.73 Å². The third kappa shape index (κ3) is 3.07. The fourth-order valence-corrected chi connectivity index (χ4v) is 2.02. The number of primary amides is 1. The third-order valence-corrected chi connectivity index (χ3v) is 3.06. The Hall–Kier alpha value is -1.88. The molecule has 0 aliphatic carbocycles. The van der Waals surface area contributed by atoms with Crippen molar-refractivity contribution in [3.8, 4) is 0 Å². The number of rotatable bonds is 3. The van der Waals surface area contributed by atoms with E-state index in [1.165, 1.54) is 0 Å². The Balaban J connectivity index is 1.96. The van der Waals surface area contributed by atoms with Gasteiger partial charge >= 0.3 is 0 Å². The Morgan fingerprint density at radius 2 is 1.94 bits per heavy atom. The number of hydrogen-bond acceptors (Lipinski definition) is 3. The highest BCUT2D eigenvalue weighted by Crippen LogP contribution is 2.12. The molecule has 1 aromatic carbocycles. The van der Waals surface area contributed by atoms with E-state index in [-0.39, 0.29) is 11.9 Å². The molecule has 0 bridgehead atoms. The van der Waals surface area contributed by atoms with Crippen LogP contribution in [0.1, 0.15) is 29.6 Å². The maximum atomic E-state index is 11.9. The molecular formula is C13H17N3O2. The van der Waals surface area contributed by atoms with Crippen LogP contribution in [0, 0.1) is 0 Å². The number of piperidine rings is 1. The van der Waals surface area contributed by atoms with Crippen LogP contribution in [0.4, 0.5) is 5.69 Å². The van der Waals surface area contributed by atoms with Gasteiger partial charge in [-0.15, -0.1) is 0 Å². The van der Waals surface area contributed by atoms with Gasteiger partial charge in [0.2, 0.25) is 11.8 Å². The van der Waals surface area contributed by atoms with Crippen molar-refractivity contribution in [2.75, 3.05) is 11.9 Å². The van der Waals surface area contributed by atoms with Gasteiger partial charge in [0.1, 0.15) is 0 Å². The van der Waals surface area contributed by atoms with Gasteiger partial charge in [-0.05, 0) is 43.7 Å². The predicted molar refractivity (Wildman–Crippen MR) is 69.2 cm³/mol. The van der Waals surface area contributed by atoms with Crippen molar-refractivity contribution in [2.24, 2.45) is 5.73 Å². The summed E-state index contributed by atoms with van der Waals surface area (Å²) in [5.74, 6) is -0.497. The van der Waals surface area contributed by atoms with Crippen LogP contribution in [-0.4, -0.2) is 24.4 Å². The van der Waals surface area contributed by atoms with Gasteiger partial charge in [-0.3, -0.25) is 9.59 Å². The van der Waals surface area contributed by atoms with E-state index in [9.17, 15) is 9.59 Å². The van der Waals surface area contributed by atoms with Crippen LogP contribution < -0.4 is 16.4 Å². The molecule has 1 aliphatic heterocycles. The lowest BCUT2D eigenvalue weighted by Crippen LogP contribution is -2.43. The maximum absolute atomic E-state index is 11.9. The van der Waals surface area contributed by atoms with Crippen LogP contribution in [0.5, 0.6) is 0 Å². The zero-order valence-electron chi connectivity index (χ0n) is 10.1. The quantitative estimate of drug-likeness (QED) is 0.741. The van der Waals surface area contributed by atoms with Gasteiger partial charge in [0.05, 0.1) is 6.04 Å². The first kappa shape index (κ1) is 12.6. The molecule has 4 N–H and O–H groups in total. The van der Waals surface area contributed by atoms with Gasteiger partial charge in [0.15, 0.2) is 0 Å². The molecule has 0 saturated carbocycles. The zero-order chi connectivity index (χ0) is 13.0. The number of nitrogens with one attached hydrogen (secondary N) is 2. The van der Waals surface area contributed by atoms with Crippen LogP contribution in [0.25, 0.3) is 0 Å². The Morgan fingerprint density at radius 3 is 2.50 bits per heavy atom. The van der Waals surface area contributed by atoms with Crippen LogP contribution in [-0.2, 0) is 4.79 Å². The molecule has 1 aromatic rings. The van der Waals surface area contributed by atoms with Gasteiger partial charge in [-0.2, -0.15) is 0 Å². The highest BCUT2D eigenvalue weighted by molar-refractivity contribution is 5.96. The summed E-state index contributed by atoms with van der Waals surface area (Å²) in [4.78, 5) is 22.8. The van der Waals surface area contributed by atoms with Gasteiger partial charge in [0.25, 0.3) is 0 Å². The molecule has 5 heteroatoms. The molecule has 1 saturated heterocycles. The first-order chi connectivity index (χ1) is 8.66. The molecule has 5 nitrogen and oxygen atoms in total. The number of amides is 2. The highest BCUT2D eigenvalue weighted by Gasteiger charge is 2.20. The molecule has 2 amide bonds. The fraction of sp³-hybridized carbons (Fsp3) is 0.385. The molecular weight excluding hydrogens is 230 g/mol. The summed E-state index contributed by atoms with van der Waals surface area (Å²) < 4.78 is 0. The first-order valence-electron chi connectivity index (χ1n) is 6.11. The lowest BCUT2D eigenvalue weighted by molar-refractivity contribution is -0.118. The lowest BCUT2D eigenvalue weighted by Gasteiger charge is -2.22. The lowest BCUT2D eigenvalue weighted by atomic mass is 10.0.